The first-order valence-corrected chi connectivity index (χ1v) is 13.5. The third-order valence-corrected chi connectivity index (χ3v) is 6.77. The van der Waals surface area contributed by atoms with E-state index in [-0.39, 0.29) is 24.7 Å². The number of anilines is 1. The third kappa shape index (κ3) is 7.08. The number of benzene rings is 2. The van der Waals surface area contributed by atoms with E-state index in [1.54, 1.807) is 25.1 Å². The van der Waals surface area contributed by atoms with Crippen molar-refractivity contribution in [3.63, 3.8) is 0 Å². The van der Waals surface area contributed by atoms with Gasteiger partial charge in [-0.05, 0) is 63.3 Å². The van der Waals surface area contributed by atoms with Crippen LogP contribution in [0.3, 0.4) is 0 Å². The van der Waals surface area contributed by atoms with Crippen molar-refractivity contribution in [2.24, 2.45) is 0 Å². The molecule has 0 bridgehead atoms. The van der Waals surface area contributed by atoms with Gasteiger partial charge in [0.2, 0.25) is 0 Å². The predicted molar refractivity (Wildman–Crippen MR) is 152 cm³/mol. The zero-order valence-electron chi connectivity index (χ0n) is 23.2. The van der Waals surface area contributed by atoms with E-state index in [1.807, 2.05) is 48.7 Å². The standard InChI is InChI=1S/C31H34FN3O6/c1-18(2)35-25(14-13-23(36)16-24(37)17-27(38)39)28(21-9-11-22(32)12-10-21)29(20-7-5-4-6-8-20)30(35)31(40)33-26-15-19(3)41-34-26/h4-12,15,18,23-24,36-37H,13-14,16-17H2,1-3H3,(H,38,39)(H,33,34,40)/t23-,24-/m1/s1. The van der Waals surface area contributed by atoms with Gasteiger partial charge in [0.15, 0.2) is 5.82 Å². The lowest BCUT2D eigenvalue weighted by atomic mass is 9.92. The number of carbonyl (C=O) groups excluding carboxylic acids is 1. The van der Waals surface area contributed by atoms with Crippen LogP contribution in [0.1, 0.15) is 61.1 Å². The van der Waals surface area contributed by atoms with Crippen LogP contribution in [0.15, 0.2) is 65.2 Å². The quantitative estimate of drug-likeness (QED) is 0.176. The molecule has 0 saturated carbocycles. The summed E-state index contributed by atoms with van der Waals surface area (Å²) in [5.74, 6) is -1.17. The molecule has 2 heterocycles. The Balaban J connectivity index is 1.89. The summed E-state index contributed by atoms with van der Waals surface area (Å²) in [6, 6.07) is 16.8. The highest BCUT2D eigenvalue weighted by atomic mass is 19.1. The molecule has 2 aromatic heterocycles. The first kappa shape index (κ1) is 29.7. The number of nitrogens with one attached hydrogen (secondary N) is 1. The molecule has 216 valence electrons. The Morgan fingerprint density at radius 2 is 1.66 bits per heavy atom. The van der Waals surface area contributed by atoms with E-state index in [9.17, 15) is 24.2 Å². The number of hydrogen-bond donors (Lipinski definition) is 4. The van der Waals surface area contributed by atoms with Crippen molar-refractivity contribution in [1.29, 1.82) is 0 Å². The topological polar surface area (TPSA) is 138 Å². The van der Waals surface area contributed by atoms with E-state index in [0.717, 1.165) is 11.3 Å². The molecule has 2 aromatic carbocycles. The summed E-state index contributed by atoms with van der Waals surface area (Å²) >= 11 is 0. The maximum Gasteiger partial charge on any atom is 0.305 e. The highest BCUT2D eigenvalue weighted by Gasteiger charge is 2.31. The number of nitrogens with zero attached hydrogens (tertiary/aromatic N) is 2. The van der Waals surface area contributed by atoms with E-state index in [1.165, 1.54) is 12.1 Å². The summed E-state index contributed by atoms with van der Waals surface area (Å²) < 4.78 is 21.0. The lowest BCUT2D eigenvalue weighted by Gasteiger charge is -2.20. The van der Waals surface area contributed by atoms with Gasteiger partial charge in [-0.25, -0.2) is 4.39 Å². The second-order valence-corrected chi connectivity index (χ2v) is 10.3. The molecule has 10 heteroatoms. The summed E-state index contributed by atoms with van der Waals surface area (Å²) in [5.41, 5.74) is 3.90. The van der Waals surface area contributed by atoms with Gasteiger partial charge in [0.25, 0.3) is 5.91 Å². The Labute approximate surface area is 237 Å². The second-order valence-electron chi connectivity index (χ2n) is 10.3. The fraction of sp³-hybridized carbons (Fsp3) is 0.323. The summed E-state index contributed by atoms with van der Waals surface area (Å²) in [5, 5.41) is 36.5. The van der Waals surface area contributed by atoms with Gasteiger partial charge in [0, 0.05) is 28.9 Å². The Bertz CT molecular complexity index is 1490. The lowest BCUT2D eigenvalue weighted by Crippen LogP contribution is -2.23. The minimum Gasteiger partial charge on any atom is -0.481 e. The van der Waals surface area contributed by atoms with E-state index < -0.39 is 36.3 Å². The Morgan fingerprint density at radius 1 is 1.00 bits per heavy atom. The van der Waals surface area contributed by atoms with Crippen LogP contribution in [0.2, 0.25) is 0 Å². The molecule has 41 heavy (non-hydrogen) atoms. The molecule has 0 saturated heterocycles. The molecular weight excluding hydrogens is 529 g/mol. The number of rotatable bonds is 12. The van der Waals surface area contributed by atoms with Crippen molar-refractivity contribution >= 4 is 17.7 Å². The number of aliphatic hydroxyl groups excluding tert-OH is 2. The van der Waals surface area contributed by atoms with E-state index in [2.05, 4.69) is 10.5 Å². The number of carbonyl (C=O) groups is 2. The number of hydrogen-bond acceptors (Lipinski definition) is 6. The van der Waals surface area contributed by atoms with Gasteiger partial charge in [-0.15, -0.1) is 0 Å². The second kappa shape index (κ2) is 12.9. The number of carboxylic acids is 1. The molecule has 2 atom stereocenters. The maximum atomic E-state index is 14.0. The van der Waals surface area contributed by atoms with Gasteiger partial charge in [-0.3, -0.25) is 9.59 Å². The number of amides is 1. The minimum absolute atomic E-state index is 0.106. The molecule has 0 aliphatic carbocycles. The number of aliphatic hydroxyl groups is 2. The number of aromatic nitrogens is 2. The average Bonchev–Trinajstić information content (AvgIpc) is 3.48. The van der Waals surface area contributed by atoms with Crippen molar-refractivity contribution in [1.82, 2.24) is 9.72 Å². The van der Waals surface area contributed by atoms with E-state index in [4.69, 9.17) is 9.63 Å². The highest BCUT2D eigenvalue weighted by molar-refractivity contribution is 6.10. The first-order valence-electron chi connectivity index (χ1n) is 13.5. The van der Waals surface area contributed by atoms with Gasteiger partial charge in [0.05, 0.1) is 18.6 Å². The molecule has 0 spiro atoms. The van der Waals surface area contributed by atoms with Gasteiger partial charge in [-0.2, -0.15) is 0 Å². The molecule has 0 radical (unpaired) electrons. The molecule has 1 amide bonds. The van der Waals surface area contributed by atoms with Crippen molar-refractivity contribution in [2.45, 2.75) is 64.7 Å². The molecular formula is C31H34FN3O6. The summed E-state index contributed by atoms with van der Waals surface area (Å²) in [4.78, 5) is 24.9. The maximum absolute atomic E-state index is 14.0. The van der Waals surface area contributed by atoms with Crippen LogP contribution in [0.5, 0.6) is 0 Å². The van der Waals surface area contributed by atoms with Crippen LogP contribution in [0, 0.1) is 12.7 Å². The van der Waals surface area contributed by atoms with Crippen LogP contribution in [0.4, 0.5) is 10.2 Å². The number of aryl methyl sites for hydroxylation is 1. The van der Waals surface area contributed by atoms with Crippen molar-refractivity contribution < 1.29 is 33.8 Å². The molecule has 4 N–H and O–H groups in total. The first-order chi connectivity index (χ1) is 19.5. The van der Waals surface area contributed by atoms with Crippen LogP contribution in [-0.4, -0.2) is 49.1 Å². The zero-order chi connectivity index (χ0) is 29.7. The van der Waals surface area contributed by atoms with Gasteiger partial charge >= 0.3 is 5.97 Å². The Morgan fingerprint density at radius 3 is 2.24 bits per heavy atom. The van der Waals surface area contributed by atoms with E-state index >= 15 is 0 Å². The largest absolute Gasteiger partial charge is 0.481 e. The normalized spacial score (nSPS) is 12.9. The van der Waals surface area contributed by atoms with Crippen molar-refractivity contribution in [3.05, 3.63) is 83.6 Å². The predicted octanol–water partition coefficient (Wildman–Crippen LogP) is 5.61. The van der Waals surface area contributed by atoms with Crippen LogP contribution in [-0.2, 0) is 11.2 Å². The molecule has 0 aliphatic heterocycles. The smallest absolute Gasteiger partial charge is 0.305 e. The minimum atomic E-state index is -1.19. The highest BCUT2D eigenvalue weighted by Crippen LogP contribution is 2.42. The van der Waals surface area contributed by atoms with Gasteiger partial charge < -0.3 is 29.7 Å². The van der Waals surface area contributed by atoms with Crippen LogP contribution in [0.25, 0.3) is 22.3 Å². The monoisotopic (exact) mass is 563 g/mol. The summed E-state index contributed by atoms with van der Waals surface area (Å²) in [7, 11) is 0. The fourth-order valence-electron chi connectivity index (χ4n) is 5.11. The summed E-state index contributed by atoms with van der Waals surface area (Å²) in [6.45, 7) is 5.60. The van der Waals surface area contributed by atoms with E-state index in [0.29, 0.717) is 34.6 Å². The number of carboxylic acid groups (broad SMARTS) is 1. The van der Waals surface area contributed by atoms with Crippen LogP contribution >= 0.6 is 0 Å². The van der Waals surface area contributed by atoms with Crippen molar-refractivity contribution in [3.8, 4) is 22.3 Å². The molecule has 9 nitrogen and oxygen atoms in total. The third-order valence-electron chi connectivity index (χ3n) is 6.77. The molecule has 0 aliphatic rings. The fourth-order valence-corrected chi connectivity index (χ4v) is 5.11. The zero-order valence-corrected chi connectivity index (χ0v) is 23.2. The Kier molecular flexibility index (Phi) is 9.36. The SMILES string of the molecule is Cc1cc(NC(=O)c2c(-c3ccccc3)c(-c3ccc(F)cc3)c(CC[C@@H](O)C[C@@H](O)CC(=O)O)n2C(C)C)no1. The van der Waals surface area contributed by atoms with Gasteiger partial charge in [-0.1, -0.05) is 47.6 Å². The average molecular weight is 564 g/mol. The number of aliphatic carboxylic acids is 1. The Hall–Kier alpha value is -4.28. The molecule has 4 rings (SSSR count). The van der Waals surface area contributed by atoms with Crippen molar-refractivity contribution in [2.75, 3.05) is 5.32 Å². The molecule has 0 fully saturated rings. The number of halogens is 1. The van der Waals surface area contributed by atoms with Crippen LogP contribution < -0.4 is 5.32 Å². The van der Waals surface area contributed by atoms with Gasteiger partial charge in [0.1, 0.15) is 17.3 Å². The molecule has 4 aromatic rings. The lowest BCUT2D eigenvalue weighted by molar-refractivity contribution is -0.139. The summed E-state index contributed by atoms with van der Waals surface area (Å²) in [6.07, 6.45) is -2.27. The molecule has 0 unspecified atom stereocenters.